The van der Waals surface area contributed by atoms with Crippen molar-refractivity contribution in [2.45, 2.75) is 45.7 Å². The lowest BCUT2D eigenvalue weighted by molar-refractivity contribution is -0.131. The molecule has 2 aliphatic rings. The van der Waals surface area contributed by atoms with Gasteiger partial charge in [-0.1, -0.05) is 12.1 Å². The molecule has 0 bridgehead atoms. The van der Waals surface area contributed by atoms with Gasteiger partial charge < -0.3 is 4.90 Å². The van der Waals surface area contributed by atoms with Gasteiger partial charge in [-0.2, -0.15) is 5.10 Å². The molecule has 150 valence electrons. The Morgan fingerprint density at radius 1 is 1.14 bits per heavy atom. The van der Waals surface area contributed by atoms with Crippen LogP contribution in [0.5, 0.6) is 0 Å². The van der Waals surface area contributed by atoms with Crippen molar-refractivity contribution in [3.05, 3.63) is 53.6 Å². The molecule has 5 nitrogen and oxygen atoms in total. The largest absolute Gasteiger partial charge is 0.342 e. The van der Waals surface area contributed by atoms with Crippen LogP contribution in [-0.2, 0) is 17.9 Å². The molecule has 2 aromatic rings. The van der Waals surface area contributed by atoms with Gasteiger partial charge in [-0.15, -0.1) is 0 Å². The van der Waals surface area contributed by atoms with E-state index in [4.69, 9.17) is 0 Å². The zero-order valence-electron chi connectivity index (χ0n) is 16.6. The number of carbonyl (C=O) groups excluding carboxylic acids is 1. The third-order valence-electron chi connectivity index (χ3n) is 6.18. The van der Waals surface area contributed by atoms with Crippen molar-refractivity contribution in [1.29, 1.82) is 0 Å². The fourth-order valence-corrected chi connectivity index (χ4v) is 4.73. The Morgan fingerprint density at radius 3 is 2.71 bits per heavy atom. The van der Waals surface area contributed by atoms with Crippen LogP contribution < -0.4 is 0 Å². The lowest BCUT2D eigenvalue weighted by Gasteiger charge is -2.40. The minimum absolute atomic E-state index is 0.186. The molecule has 28 heavy (non-hydrogen) atoms. The van der Waals surface area contributed by atoms with E-state index in [9.17, 15) is 9.18 Å². The molecular formula is C22H29FN4O. The molecule has 2 fully saturated rings. The standard InChI is InChI=1S/C22H29FN4O/c1-18-7-12-27(24-18)13-8-21(28)26-14-10-22(17-26)9-2-11-25(16-22)15-19-3-5-20(23)6-4-19/h3-7,12H,2,8-11,13-17H2,1H3/t22-/m1/s1. The highest BCUT2D eigenvalue weighted by molar-refractivity contribution is 5.76. The van der Waals surface area contributed by atoms with Crippen molar-refractivity contribution in [3.8, 4) is 0 Å². The number of aromatic nitrogens is 2. The smallest absolute Gasteiger partial charge is 0.224 e. The first kappa shape index (κ1) is 19.1. The molecule has 1 amide bonds. The van der Waals surface area contributed by atoms with Crippen molar-refractivity contribution in [3.63, 3.8) is 0 Å². The van der Waals surface area contributed by atoms with Crippen molar-refractivity contribution < 1.29 is 9.18 Å². The summed E-state index contributed by atoms with van der Waals surface area (Å²) in [5.41, 5.74) is 2.35. The molecule has 1 atom stereocenters. The zero-order valence-corrected chi connectivity index (χ0v) is 16.6. The van der Waals surface area contributed by atoms with Crippen LogP contribution >= 0.6 is 0 Å². The summed E-state index contributed by atoms with van der Waals surface area (Å²) in [6.45, 7) is 7.29. The number of carbonyl (C=O) groups is 1. The second kappa shape index (κ2) is 8.03. The van der Waals surface area contributed by atoms with E-state index in [1.165, 1.54) is 18.6 Å². The van der Waals surface area contributed by atoms with Gasteiger partial charge in [0.05, 0.1) is 5.69 Å². The first-order valence-electron chi connectivity index (χ1n) is 10.3. The van der Waals surface area contributed by atoms with E-state index in [-0.39, 0.29) is 17.1 Å². The highest BCUT2D eigenvalue weighted by Gasteiger charge is 2.42. The number of nitrogens with zero attached hydrogens (tertiary/aromatic N) is 4. The Labute approximate surface area is 166 Å². The van der Waals surface area contributed by atoms with E-state index in [0.29, 0.717) is 13.0 Å². The fraction of sp³-hybridized carbons (Fsp3) is 0.545. The van der Waals surface area contributed by atoms with Gasteiger partial charge in [0.2, 0.25) is 5.91 Å². The maximum absolute atomic E-state index is 13.1. The van der Waals surface area contributed by atoms with Crippen LogP contribution in [0.1, 0.15) is 36.9 Å². The third-order valence-corrected chi connectivity index (χ3v) is 6.18. The molecule has 0 unspecified atom stereocenters. The Bertz CT molecular complexity index is 818. The van der Waals surface area contributed by atoms with Gasteiger partial charge in [0.25, 0.3) is 0 Å². The second-order valence-corrected chi connectivity index (χ2v) is 8.48. The van der Waals surface area contributed by atoms with Crippen LogP contribution in [0.3, 0.4) is 0 Å². The average molecular weight is 384 g/mol. The average Bonchev–Trinajstić information content (AvgIpc) is 3.28. The van der Waals surface area contributed by atoms with Crippen LogP contribution in [-0.4, -0.2) is 51.7 Å². The Kier molecular flexibility index (Phi) is 5.49. The molecule has 1 aromatic heterocycles. The highest BCUT2D eigenvalue weighted by atomic mass is 19.1. The molecule has 1 spiro atoms. The van der Waals surface area contributed by atoms with Gasteiger partial charge in [0.1, 0.15) is 5.82 Å². The highest BCUT2D eigenvalue weighted by Crippen LogP contribution is 2.39. The zero-order chi connectivity index (χ0) is 19.6. The summed E-state index contributed by atoms with van der Waals surface area (Å²) in [5.74, 6) is 0.0507. The summed E-state index contributed by atoms with van der Waals surface area (Å²) in [6, 6.07) is 8.78. The van der Waals surface area contributed by atoms with Gasteiger partial charge >= 0.3 is 0 Å². The number of benzene rings is 1. The summed E-state index contributed by atoms with van der Waals surface area (Å²) < 4.78 is 15.0. The van der Waals surface area contributed by atoms with E-state index < -0.39 is 0 Å². The summed E-state index contributed by atoms with van der Waals surface area (Å²) in [7, 11) is 0. The van der Waals surface area contributed by atoms with Crippen LogP contribution in [0.4, 0.5) is 4.39 Å². The monoisotopic (exact) mass is 384 g/mol. The van der Waals surface area contributed by atoms with E-state index >= 15 is 0 Å². The van der Waals surface area contributed by atoms with Gasteiger partial charge in [0, 0.05) is 50.8 Å². The molecule has 0 aliphatic carbocycles. The lowest BCUT2D eigenvalue weighted by atomic mass is 9.79. The van der Waals surface area contributed by atoms with Gasteiger partial charge in [-0.3, -0.25) is 14.4 Å². The maximum atomic E-state index is 13.1. The van der Waals surface area contributed by atoms with Crippen molar-refractivity contribution in [1.82, 2.24) is 19.6 Å². The molecule has 3 heterocycles. The number of halogens is 1. The number of piperidine rings is 1. The maximum Gasteiger partial charge on any atom is 0.224 e. The van der Waals surface area contributed by atoms with Gasteiger partial charge in [-0.05, 0) is 56.5 Å². The molecule has 4 rings (SSSR count). The molecule has 2 aliphatic heterocycles. The van der Waals surface area contributed by atoms with E-state index in [0.717, 1.165) is 56.8 Å². The minimum Gasteiger partial charge on any atom is -0.342 e. The predicted octanol–water partition coefficient (Wildman–Crippen LogP) is 3.24. The normalized spacial score (nSPS) is 22.9. The molecular weight excluding hydrogens is 355 g/mol. The molecule has 0 saturated carbocycles. The third kappa shape index (κ3) is 4.43. The van der Waals surface area contributed by atoms with Crippen LogP contribution in [0.15, 0.2) is 36.5 Å². The minimum atomic E-state index is -0.186. The summed E-state index contributed by atoms with van der Waals surface area (Å²) in [4.78, 5) is 17.2. The number of rotatable bonds is 5. The molecule has 6 heteroatoms. The lowest BCUT2D eigenvalue weighted by Crippen LogP contribution is -2.45. The van der Waals surface area contributed by atoms with E-state index in [2.05, 4.69) is 14.9 Å². The van der Waals surface area contributed by atoms with Crippen LogP contribution in [0.2, 0.25) is 0 Å². The number of aryl methyl sites for hydroxylation is 2. The van der Waals surface area contributed by atoms with Gasteiger partial charge in [0.15, 0.2) is 0 Å². The summed E-state index contributed by atoms with van der Waals surface area (Å²) in [5, 5.41) is 4.36. The van der Waals surface area contributed by atoms with E-state index in [1.807, 2.05) is 36.0 Å². The first-order valence-corrected chi connectivity index (χ1v) is 10.3. The Hall–Kier alpha value is -2.21. The molecule has 0 N–H and O–H groups in total. The topological polar surface area (TPSA) is 41.4 Å². The Balaban J connectivity index is 1.31. The summed E-state index contributed by atoms with van der Waals surface area (Å²) in [6.07, 6.45) is 5.88. The van der Waals surface area contributed by atoms with E-state index in [1.54, 1.807) is 0 Å². The number of likely N-dealkylation sites (tertiary alicyclic amines) is 2. The van der Waals surface area contributed by atoms with Gasteiger partial charge in [-0.25, -0.2) is 4.39 Å². The SMILES string of the molecule is Cc1ccn(CCC(=O)N2CC[C@@]3(CCCN(Cc4ccc(F)cc4)C3)C2)n1. The molecule has 0 radical (unpaired) electrons. The predicted molar refractivity (Wildman–Crippen MR) is 106 cm³/mol. The Morgan fingerprint density at radius 2 is 1.96 bits per heavy atom. The first-order chi connectivity index (χ1) is 13.5. The number of hydrogen-bond acceptors (Lipinski definition) is 3. The number of amides is 1. The van der Waals surface area contributed by atoms with Crippen LogP contribution in [0.25, 0.3) is 0 Å². The van der Waals surface area contributed by atoms with Crippen molar-refractivity contribution in [2.24, 2.45) is 5.41 Å². The number of hydrogen-bond donors (Lipinski definition) is 0. The molecule has 1 aromatic carbocycles. The van der Waals surface area contributed by atoms with Crippen LogP contribution in [0, 0.1) is 18.2 Å². The second-order valence-electron chi connectivity index (χ2n) is 8.48. The van der Waals surface area contributed by atoms with Crippen molar-refractivity contribution in [2.75, 3.05) is 26.2 Å². The molecule has 2 saturated heterocycles. The summed E-state index contributed by atoms with van der Waals surface area (Å²) >= 11 is 0. The fourth-order valence-electron chi connectivity index (χ4n) is 4.73. The van der Waals surface area contributed by atoms with Crippen molar-refractivity contribution >= 4 is 5.91 Å². The quantitative estimate of drug-likeness (QED) is 0.795.